The number of carboxylic acid groups (broad SMARTS) is 1. The van der Waals surface area contributed by atoms with Gasteiger partial charge in [0.1, 0.15) is 35.2 Å². The lowest BCUT2D eigenvalue weighted by atomic mass is 9.85. The molecule has 2 saturated carbocycles. The standard InChI is InChI=1S/C37H50N6O9S/c1-6-22-15-21(4)9-7-8-10-23-18-37(23,35(46)42-53(49,50)26-12-13-26)41-32(44)29-17-25(19-43(29)34(45)31(22)40-36(47)48)52-33-30(20(2)3)38-27-14-11-24(51-5)16-28(27)39-33/h8,10-11,14,16,20-23,25-26,29,31,40H,6-7,9,12-13,15,17-19H2,1-5H3,(H,41,44)(H,42,46)(H,47,48)/b10-8-/t21-,22-,23-,25-,29+,31+,37-/m1/s1. The SMILES string of the molecule is CC[C@@H]1C[C@H](C)CC/C=C\[C@@H]2C[C@@]2(C(=O)NS(=O)(=O)C2CC2)NC(=O)[C@@H]2C[C@@H](Oc3nc4cc(OC)ccc4nc3C(C)C)CN2C(=O)[C@H]1NC(=O)O. The molecule has 288 valence electrons. The van der Waals surface area contributed by atoms with Gasteiger partial charge in [-0.2, -0.15) is 0 Å². The molecular weight excluding hydrogens is 705 g/mol. The van der Waals surface area contributed by atoms with Crippen LogP contribution in [0, 0.1) is 17.8 Å². The number of methoxy groups -OCH3 is 1. The molecule has 2 aromatic rings. The van der Waals surface area contributed by atoms with Gasteiger partial charge in [0.2, 0.25) is 27.7 Å². The van der Waals surface area contributed by atoms with Gasteiger partial charge in [-0.3, -0.25) is 19.1 Å². The molecule has 1 aromatic heterocycles. The van der Waals surface area contributed by atoms with E-state index in [2.05, 4.69) is 22.3 Å². The van der Waals surface area contributed by atoms with Crippen LogP contribution in [0.1, 0.15) is 90.7 Å². The van der Waals surface area contributed by atoms with Crippen molar-refractivity contribution in [1.29, 1.82) is 0 Å². The molecule has 0 radical (unpaired) electrons. The first kappa shape index (κ1) is 38.3. The van der Waals surface area contributed by atoms with Gasteiger partial charge in [-0.05, 0) is 62.5 Å². The third-order valence-corrected chi connectivity index (χ3v) is 12.8. The first-order chi connectivity index (χ1) is 25.1. The van der Waals surface area contributed by atoms with Gasteiger partial charge in [-0.1, -0.05) is 46.3 Å². The molecule has 0 unspecified atom stereocenters. The minimum absolute atomic E-state index is 0.00149. The lowest BCUT2D eigenvalue weighted by molar-refractivity contribution is -0.142. The molecule has 53 heavy (non-hydrogen) atoms. The number of nitrogens with one attached hydrogen (secondary N) is 3. The van der Waals surface area contributed by atoms with Crippen molar-refractivity contribution in [2.45, 2.75) is 114 Å². The molecule has 3 heterocycles. The van der Waals surface area contributed by atoms with E-state index >= 15 is 0 Å². The Kier molecular flexibility index (Phi) is 10.9. The van der Waals surface area contributed by atoms with Gasteiger partial charge < -0.3 is 30.1 Å². The highest BCUT2D eigenvalue weighted by atomic mass is 32.2. The lowest BCUT2D eigenvalue weighted by Crippen LogP contribution is -2.59. The van der Waals surface area contributed by atoms with Gasteiger partial charge in [0.25, 0.3) is 5.91 Å². The van der Waals surface area contributed by atoms with Gasteiger partial charge >= 0.3 is 6.09 Å². The minimum atomic E-state index is -3.91. The maximum absolute atomic E-state index is 14.6. The van der Waals surface area contributed by atoms with Gasteiger partial charge in [0, 0.05) is 24.3 Å². The van der Waals surface area contributed by atoms with E-state index in [1.807, 2.05) is 32.9 Å². The Morgan fingerprint density at radius 1 is 1.13 bits per heavy atom. The molecule has 7 atom stereocenters. The van der Waals surface area contributed by atoms with E-state index in [1.54, 1.807) is 25.3 Å². The summed E-state index contributed by atoms with van der Waals surface area (Å²) in [5.74, 6) is -2.03. The Bertz CT molecular complexity index is 1900. The third kappa shape index (κ3) is 8.21. The van der Waals surface area contributed by atoms with Crippen LogP contribution in [0.3, 0.4) is 0 Å². The fraction of sp³-hybridized carbons (Fsp3) is 0.622. The quantitative estimate of drug-likeness (QED) is 0.272. The predicted molar refractivity (Wildman–Crippen MR) is 195 cm³/mol. The maximum Gasteiger partial charge on any atom is 0.405 e. The zero-order valence-electron chi connectivity index (χ0n) is 30.8. The molecule has 2 aliphatic carbocycles. The fourth-order valence-electron chi connectivity index (χ4n) is 7.63. The Morgan fingerprint density at radius 2 is 1.89 bits per heavy atom. The smallest absolute Gasteiger partial charge is 0.405 e. The molecule has 3 fully saturated rings. The summed E-state index contributed by atoms with van der Waals surface area (Å²) in [5.41, 5.74) is 0.206. The number of carbonyl (C=O) groups excluding carboxylic acids is 3. The molecule has 1 aromatic carbocycles. The monoisotopic (exact) mass is 754 g/mol. The molecule has 4 aliphatic rings. The summed E-state index contributed by atoms with van der Waals surface area (Å²) in [7, 11) is -2.36. The van der Waals surface area contributed by atoms with E-state index in [9.17, 15) is 32.7 Å². The number of ether oxygens (including phenoxy) is 2. The van der Waals surface area contributed by atoms with Gasteiger partial charge in [-0.25, -0.2) is 23.2 Å². The number of fused-ring (bicyclic) bond motifs is 3. The van der Waals surface area contributed by atoms with Crippen molar-refractivity contribution < 1.29 is 42.2 Å². The highest BCUT2D eigenvalue weighted by molar-refractivity contribution is 7.91. The van der Waals surface area contributed by atoms with E-state index < -0.39 is 68.7 Å². The molecule has 16 heteroatoms. The van der Waals surface area contributed by atoms with E-state index in [1.165, 1.54) is 4.90 Å². The van der Waals surface area contributed by atoms with Crippen molar-refractivity contribution in [3.63, 3.8) is 0 Å². The molecule has 15 nitrogen and oxygen atoms in total. The predicted octanol–water partition coefficient (Wildman–Crippen LogP) is 3.63. The summed E-state index contributed by atoms with van der Waals surface area (Å²) in [5, 5.41) is 14.5. The van der Waals surface area contributed by atoms with Crippen LogP contribution in [0.25, 0.3) is 11.0 Å². The summed E-state index contributed by atoms with van der Waals surface area (Å²) < 4.78 is 39.8. The van der Waals surface area contributed by atoms with Crippen LogP contribution < -0.4 is 24.8 Å². The topological polar surface area (TPSA) is 206 Å². The normalized spacial score (nSPS) is 30.0. The second-order valence-electron chi connectivity index (χ2n) is 15.3. The molecule has 4 amide bonds. The number of carbonyl (C=O) groups is 4. The largest absolute Gasteiger partial charge is 0.497 e. The molecule has 4 N–H and O–H groups in total. The number of benzene rings is 1. The summed E-state index contributed by atoms with van der Waals surface area (Å²) >= 11 is 0. The van der Waals surface area contributed by atoms with Crippen LogP contribution in [0.15, 0.2) is 30.4 Å². The number of rotatable bonds is 9. The second-order valence-corrected chi connectivity index (χ2v) is 17.3. The third-order valence-electron chi connectivity index (χ3n) is 10.9. The Labute approximate surface area is 309 Å². The second kappa shape index (κ2) is 15.1. The first-order valence-corrected chi connectivity index (χ1v) is 20.1. The van der Waals surface area contributed by atoms with E-state index in [0.29, 0.717) is 54.6 Å². The summed E-state index contributed by atoms with van der Waals surface area (Å²) in [6.45, 7) is 7.78. The number of hydrogen-bond donors (Lipinski definition) is 4. The number of hydrogen-bond acceptors (Lipinski definition) is 10. The average Bonchev–Trinajstić information content (AvgIpc) is 4.04. The number of amides is 4. The minimum Gasteiger partial charge on any atom is -0.497 e. The van der Waals surface area contributed by atoms with Crippen molar-refractivity contribution in [3.05, 3.63) is 36.0 Å². The molecular formula is C37H50N6O9S. The Hall–Kier alpha value is -4.47. The van der Waals surface area contributed by atoms with Crippen LogP contribution in [0.2, 0.25) is 0 Å². The number of allylic oxidation sites excluding steroid dienone is 1. The van der Waals surface area contributed by atoms with Crippen LogP contribution in [-0.4, -0.2) is 94.8 Å². The summed E-state index contributed by atoms with van der Waals surface area (Å²) in [6, 6.07) is 3.00. The lowest BCUT2D eigenvalue weighted by Gasteiger charge is -2.33. The van der Waals surface area contributed by atoms with Crippen LogP contribution in [0.4, 0.5) is 4.79 Å². The van der Waals surface area contributed by atoms with E-state index in [4.69, 9.17) is 19.4 Å². The number of nitrogens with zero attached hydrogens (tertiary/aromatic N) is 3. The molecule has 1 saturated heterocycles. The van der Waals surface area contributed by atoms with Crippen LogP contribution >= 0.6 is 0 Å². The van der Waals surface area contributed by atoms with Crippen molar-refractivity contribution in [2.24, 2.45) is 17.8 Å². The van der Waals surface area contributed by atoms with Gasteiger partial charge in [0.15, 0.2) is 0 Å². The maximum atomic E-state index is 14.6. The molecule has 0 bridgehead atoms. The van der Waals surface area contributed by atoms with Gasteiger partial charge in [0.05, 0.1) is 29.9 Å². The van der Waals surface area contributed by atoms with Crippen LogP contribution in [0.5, 0.6) is 11.6 Å². The van der Waals surface area contributed by atoms with Crippen molar-refractivity contribution in [2.75, 3.05) is 13.7 Å². The van der Waals surface area contributed by atoms with Crippen molar-refractivity contribution in [3.8, 4) is 11.6 Å². The average molecular weight is 755 g/mol. The number of sulfonamides is 1. The molecule has 0 spiro atoms. The van der Waals surface area contributed by atoms with Crippen molar-refractivity contribution >= 4 is 44.9 Å². The van der Waals surface area contributed by atoms with Crippen molar-refractivity contribution in [1.82, 2.24) is 30.2 Å². The molecule has 2 aliphatic heterocycles. The zero-order valence-corrected chi connectivity index (χ0v) is 31.6. The van der Waals surface area contributed by atoms with E-state index in [-0.39, 0.29) is 43.0 Å². The Balaban J connectivity index is 1.36. The highest BCUT2D eigenvalue weighted by Crippen LogP contribution is 2.46. The Morgan fingerprint density at radius 3 is 2.55 bits per heavy atom. The summed E-state index contributed by atoms with van der Waals surface area (Å²) in [4.78, 5) is 65.7. The van der Waals surface area contributed by atoms with Gasteiger partial charge in [-0.15, -0.1) is 0 Å². The highest BCUT2D eigenvalue weighted by Gasteiger charge is 2.62. The number of aromatic nitrogens is 2. The molecule has 6 rings (SSSR count). The van der Waals surface area contributed by atoms with Crippen LogP contribution in [-0.2, 0) is 24.4 Å². The zero-order chi connectivity index (χ0) is 38.2. The first-order valence-electron chi connectivity index (χ1n) is 18.5. The summed E-state index contributed by atoms with van der Waals surface area (Å²) in [6.07, 6.45) is 5.25. The van der Waals surface area contributed by atoms with E-state index in [0.717, 1.165) is 6.42 Å². The fourth-order valence-corrected chi connectivity index (χ4v) is 8.99.